The minimum Gasteiger partial charge on any atom is -0.307 e. The van der Waals surface area contributed by atoms with Gasteiger partial charge in [0.2, 0.25) is 0 Å². The Balaban J connectivity index is 0.000000191. The zero-order chi connectivity index (χ0) is 24.5. The molecule has 4 rings (SSSR count). The SMILES string of the molecule is Cc1cccc(NC(=O)c2ccccc2I)n1.Cc1cccc(NC(=O)c2ccccc2I)n1. The van der Waals surface area contributed by atoms with Gasteiger partial charge in [0.1, 0.15) is 11.6 Å². The number of benzene rings is 2. The van der Waals surface area contributed by atoms with Gasteiger partial charge in [-0.05, 0) is 108 Å². The average Bonchev–Trinajstić information content (AvgIpc) is 2.80. The second kappa shape index (κ2) is 12.6. The smallest absolute Gasteiger partial charge is 0.257 e. The molecule has 2 aromatic carbocycles. The van der Waals surface area contributed by atoms with Crippen LogP contribution in [0.4, 0.5) is 11.6 Å². The van der Waals surface area contributed by atoms with Crippen LogP contribution in [0.5, 0.6) is 0 Å². The van der Waals surface area contributed by atoms with Crippen molar-refractivity contribution in [1.29, 1.82) is 0 Å². The molecule has 0 unspecified atom stereocenters. The number of hydrogen-bond acceptors (Lipinski definition) is 4. The number of carbonyl (C=O) groups is 2. The number of aromatic nitrogens is 2. The Morgan fingerprint density at radius 3 is 1.32 bits per heavy atom. The number of carbonyl (C=O) groups excluding carboxylic acids is 2. The van der Waals surface area contributed by atoms with Gasteiger partial charge in [0.15, 0.2) is 0 Å². The van der Waals surface area contributed by atoms with Crippen LogP contribution in [0.3, 0.4) is 0 Å². The van der Waals surface area contributed by atoms with Crippen molar-refractivity contribution >= 4 is 68.6 Å². The largest absolute Gasteiger partial charge is 0.307 e. The first-order valence-corrected chi connectivity index (χ1v) is 12.5. The molecule has 0 saturated carbocycles. The fourth-order valence-corrected chi connectivity index (χ4v) is 4.15. The first-order chi connectivity index (χ1) is 16.3. The molecule has 8 heteroatoms. The van der Waals surface area contributed by atoms with E-state index >= 15 is 0 Å². The molecule has 0 aliphatic carbocycles. The van der Waals surface area contributed by atoms with Crippen LogP contribution in [0.2, 0.25) is 0 Å². The van der Waals surface area contributed by atoms with E-state index in [2.05, 4.69) is 65.8 Å². The predicted octanol–water partition coefficient (Wildman–Crippen LogP) is 6.49. The summed E-state index contributed by atoms with van der Waals surface area (Å²) in [5, 5.41) is 5.57. The number of halogens is 2. The lowest BCUT2D eigenvalue weighted by Crippen LogP contribution is -2.14. The van der Waals surface area contributed by atoms with E-state index in [1.807, 2.05) is 74.5 Å². The number of pyridine rings is 2. The van der Waals surface area contributed by atoms with Crippen LogP contribution >= 0.6 is 45.2 Å². The van der Waals surface area contributed by atoms with Crippen LogP contribution in [-0.2, 0) is 0 Å². The Morgan fingerprint density at radius 1 is 0.588 bits per heavy atom. The third-order valence-electron chi connectivity index (χ3n) is 4.50. The highest BCUT2D eigenvalue weighted by Gasteiger charge is 2.10. The summed E-state index contributed by atoms with van der Waals surface area (Å²) < 4.78 is 1.85. The summed E-state index contributed by atoms with van der Waals surface area (Å²) in [6, 6.07) is 26.0. The lowest BCUT2D eigenvalue weighted by atomic mass is 10.2. The maximum Gasteiger partial charge on any atom is 0.257 e. The molecule has 0 radical (unpaired) electrons. The summed E-state index contributed by atoms with van der Waals surface area (Å²) in [5.41, 5.74) is 3.09. The van der Waals surface area contributed by atoms with Crippen molar-refractivity contribution in [2.24, 2.45) is 0 Å². The molecule has 0 atom stereocenters. The Morgan fingerprint density at radius 2 is 0.971 bits per heavy atom. The summed E-state index contributed by atoms with van der Waals surface area (Å²) in [6.45, 7) is 3.78. The van der Waals surface area contributed by atoms with Crippen LogP contribution in [0.1, 0.15) is 32.1 Å². The van der Waals surface area contributed by atoms with Crippen LogP contribution in [-0.4, -0.2) is 21.8 Å². The number of hydrogen-bond donors (Lipinski definition) is 2. The van der Waals surface area contributed by atoms with Crippen molar-refractivity contribution in [3.05, 3.63) is 115 Å². The van der Waals surface area contributed by atoms with Crippen LogP contribution in [0.25, 0.3) is 0 Å². The predicted molar refractivity (Wildman–Crippen MR) is 152 cm³/mol. The first kappa shape index (κ1) is 25.8. The maximum atomic E-state index is 12.0. The Hall–Kier alpha value is -2.86. The number of anilines is 2. The number of rotatable bonds is 4. The Bertz CT molecular complexity index is 1210. The Kier molecular flexibility index (Phi) is 9.52. The van der Waals surface area contributed by atoms with Crippen LogP contribution in [0, 0.1) is 21.0 Å². The van der Waals surface area contributed by atoms with Gasteiger partial charge in [-0.3, -0.25) is 9.59 Å². The quantitative estimate of drug-likeness (QED) is 0.242. The third kappa shape index (κ3) is 7.59. The number of aryl methyl sites for hydroxylation is 2. The lowest BCUT2D eigenvalue weighted by molar-refractivity contribution is 0.101. The van der Waals surface area contributed by atoms with Crippen LogP contribution < -0.4 is 10.6 Å². The van der Waals surface area contributed by atoms with Gasteiger partial charge >= 0.3 is 0 Å². The molecule has 2 amide bonds. The zero-order valence-corrected chi connectivity index (χ0v) is 22.9. The van der Waals surface area contributed by atoms with Gasteiger partial charge in [-0.2, -0.15) is 0 Å². The van der Waals surface area contributed by atoms with Gasteiger partial charge in [-0.15, -0.1) is 0 Å². The molecule has 0 aliphatic rings. The molecule has 2 heterocycles. The molecular weight excluding hydrogens is 654 g/mol. The lowest BCUT2D eigenvalue weighted by Gasteiger charge is -2.06. The van der Waals surface area contributed by atoms with Crippen molar-refractivity contribution in [3.8, 4) is 0 Å². The minimum atomic E-state index is -0.131. The van der Waals surface area contributed by atoms with E-state index in [4.69, 9.17) is 0 Å². The van der Waals surface area contributed by atoms with Gasteiger partial charge in [0.25, 0.3) is 11.8 Å². The highest BCUT2D eigenvalue weighted by molar-refractivity contribution is 14.1. The van der Waals surface area contributed by atoms with E-state index in [1.54, 1.807) is 24.3 Å². The average molecular weight is 676 g/mol. The third-order valence-corrected chi connectivity index (χ3v) is 6.38. The zero-order valence-electron chi connectivity index (χ0n) is 18.5. The molecule has 0 bridgehead atoms. The van der Waals surface area contributed by atoms with Crippen molar-refractivity contribution < 1.29 is 9.59 Å². The van der Waals surface area contributed by atoms with E-state index < -0.39 is 0 Å². The Labute approximate surface area is 225 Å². The van der Waals surface area contributed by atoms with Crippen molar-refractivity contribution in [1.82, 2.24) is 9.97 Å². The molecule has 0 fully saturated rings. The molecular formula is C26H22I2N4O2. The highest BCUT2D eigenvalue weighted by Crippen LogP contribution is 2.15. The molecule has 0 aliphatic heterocycles. The van der Waals surface area contributed by atoms with Gasteiger partial charge in [-0.1, -0.05) is 36.4 Å². The molecule has 0 saturated heterocycles. The fraction of sp³-hybridized carbons (Fsp3) is 0.0769. The number of amides is 2. The van der Waals surface area contributed by atoms with Crippen molar-refractivity contribution in [3.63, 3.8) is 0 Å². The molecule has 2 aromatic heterocycles. The summed E-state index contributed by atoms with van der Waals surface area (Å²) in [7, 11) is 0. The molecule has 0 spiro atoms. The minimum absolute atomic E-state index is 0.131. The van der Waals surface area contributed by atoms with Crippen molar-refractivity contribution in [2.45, 2.75) is 13.8 Å². The molecule has 4 aromatic rings. The summed E-state index contributed by atoms with van der Waals surface area (Å²) in [4.78, 5) is 32.4. The normalized spacial score (nSPS) is 10.0. The fourth-order valence-electron chi connectivity index (χ4n) is 2.88. The summed E-state index contributed by atoms with van der Waals surface area (Å²) in [5.74, 6) is 0.894. The van der Waals surface area contributed by atoms with Crippen molar-refractivity contribution in [2.75, 3.05) is 10.6 Å². The van der Waals surface area contributed by atoms with Crippen LogP contribution in [0.15, 0.2) is 84.9 Å². The number of nitrogens with one attached hydrogen (secondary N) is 2. The van der Waals surface area contributed by atoms with E-state index in [1.165, 1.54) is 0 Å². The van der Waals surface area contributed by atoms with E-state index in [0.717, 1.165) is 18.5 Å². The molecule has 6 nitrogen and oxygen atoms in total. The summed E-state index contributed by atoms with van der Waals surface area (Å²) in [6.07, 6.45) is 0. The van der Waals surface area contributed by atoms with Gasteiger partial charge in [0.05, 0.1) is 11.1 Å². The van der Waals surface area contributed by atoms with Gasteiger partial charge in [-0.25, -0.2) is 9.97 Å². The van der Waals surface area contributed by atoms with Gasteiger partial charge in [0, 0.05) is 18.5 Å². The van der Waals surface area contributed by atoms with E-state index in [0.29, 0.717) is 22.8 Å². The highest BCUT2D eigenvalue weighted by atomic mass is 127. The maximum absolute atomic E-state index is 12.0. The van der Waals surface area contributed by atoms with E-state index in [-0.39, 0.29) is 11.8 Å². The standard InChI is InChI=1S/2C13H11IN2O/c2*1-9-5-4-8-12(15-9)16-13(17)10-6-2-3-7-11(10)14/h2*2-8H,1H3,(H,15,16,17). The number of nitrogens with zero attached hydrogens (tertiary/aromatic N) is 2. The van der Waals surface area contributed by atoms with E-state index in [9.17, 15) is 9.59 Å². The molecule has 34 heavy (non-hydrogen) atoms. The second-order valence-corrected chi connectivity index (χ2v) is 9.52. The molecule has 172 valence electrons. The molecule has 2 N–H and O–H groups in total. The van der Waals surface area contributed by atoms with Gasteiger partial charge < -0.3 is 10.6 Å². The summed E-state index contributed by atoms with van der Waals surface area (Å²) >= 11 is 4.29. The topological polar surface area (TPSA) is 84.0 Å². The second-order valence-electron chi connectivity index (χ2n) is 7.20. The first-order valence-electron chi connectivity index (χ1n) is 10.3. The monoisotopic (exact) mass is 676 g/mol.